The molecule has 0 bridgehead atoms. The average molecular weight is 401 g/mol. The Morgan fingerprint density at radius 3 is 2.66 bits per heavy atom. The molecule has 5 heteroatoms. The molecule has 29 heavy (non-hydrogen) atoms. The number of carbonyl (C=O) groups excluding carboxylic acids is 3. The number of allylic oxidation sites excluding steroid dienone is 4. The first-order valence-electron chi connectivity index (χ1n) is 10.9. The molecule has 1 N–H and O–H groups in total. The van der Waals surface area contributed by atoms with Gasteiger partial charge in [-0.25, -0.2) is 0 Å². The van der Waals surface area contributed by atoms with Crippen molar-refractivity contribution >= 4 is 17.5 Å². The Balaban J connectivity index is 1.65. The molecule has 4 aliphatic rings. The Morgan fingerprint density at radius 1 is 1.24 bits per heavy atom. The van der Waals surface area contributed by atoms with Crippen LogP contribution < -0.4 is 0 Å². The summed E-state index contributed by atoms with van der Waals surface area (Å²) in [4.78, 5) is 36.1. The van der Waals surface area contributed by atoms with Crippen LogP contribution in [0.25, 0.3) is 0 Å². The lowest BCUT2D eigenvalue weighted by Crippen LogP contribution is -2.59. The van der Waals surface area contributed by atoms with Gasteiger partial charge in [-0.2, -0.15) is 0 Å². The summed E-state index contributed by atoms with van der Waals surface area (Å²) in [5, 5.41) is 11.7. The number of hydrogen-bond donors (Lipinski definition) is 1. The predicted molar refractivity (Wildman–Crippen MR) is 108 cm³/mol. The van der Waals surface area contributed by atoms with Crippen molar-refractivity contribution in [1.82, 2.24) is 0 Å². The van der Waals surface area contributed by atoms with Crippen LogP contribution in [0.1, 0.15) is 59.8 Å². The smallest absolute Gasteiger partial charge is 0.303 e. The molecule has 0 heterocycles. The number of fused-ring (bicyclic) bond motifs is 5. The van der Waals surface area contributed by atoms with E-state index in [0.717, 1.165) is 32.1 Å². The lowest BCUT2D eigenvalue weighted by Gasteiger charge is -2.58. The maximum Gasteiger partial charge on any atom is 0.303 e. The van der Waals surface area contributed by atoms with Gasteiger partial charge >= 0.3 is 5.97 Å². The highest BCUT2D eigenvalue weighted by Gasteiger charge is 2.68. The second-order valence-corrected chi connectivity index (χ2v) is 10.2. The van der Waals surface area contributed by atoms with Crippen LogP contribution >= 0.6 is 0 Å². The number of ketones is 2. The summed E-state index contributed by atoms with van der Waals surface area (Å²) in [6.07, 6.45) is 9.99. The number of hydrogen-bond acceptors (Lipinski definition) is 5. The fourth-order valence-electron chi connectivity index (χ4n) is 7.41. The van der Waals surface area contributed by atoms with Gasteiger partial charge in [-0.1, -0.05) is 32.4 Å². The molecule has 5 nitrogen and oxygen atoms in total. The quantitative estimate of drug-likeness (QED) is 0.735. The minimum atomic E-state index is -1.46. The molecule has 0 aliphatic heterocycles. The molecule has 0 saturated heterocycles. The normalized spacial score (nSPS) is 45.7. The van der Waals surface area contributed by atoms with Gasteiger partial charge in [-0.15, -0.1) is 0 Å². The zero-order valence-electron chi connectivity index (χ0n) is 17.9. The van der Waals surface area contributed by atoms with Crippen molar-refractivity contribution in [1.29, 1.82) is 0 Å². The third kappa shape index (κ3) is 2.73. The molecule has 0 radical (unpaired) electrons. The predicted octanol–water partition coefficient (Wildman–Crippen LogP) is 3.40. The van der Waals surface area contributed by atoms with Crippen LogP contribution in [0, 0.1) is 34.5 Å². The van der Waals surface area contributed by atoms with E-state index < -0.39 is 17.0 Å². The first kappa shape index (κ1) is 20.5. The zero-order valence-corrected chi connectivity index (χ0v) is 17.9. The summed E-state index contributed by atoms with van der Waals surface area (Å²) in [7, 11) is 0. The fraction of sp³-hybridized carbons (Fsp3) is 0.708. The third-order valence-corrected chi connectivity index (χ3v) is 8.97. The largest absolute Gasteiger partial charge is 0.458 e. The van der Waals surface area contributed by atoms with E-state index in [0.29, 0.717) is 11.8 Å². The van der Waals surface area contributed by atoms with Crippen molar-refractivity contribution in [2.24, 2.45) is 34.5 Å². The Bertz CT molecular complexity index is 825. The van der Waals surface area contributed by atoms with Gasteiger partial charge < -0.3 is 9.84 Å². The van der Waals surface area contributed by atoms with Gasteiger partial charge in [0.1, 0.15) is 5.60 Å². The van der Waals surface area contributed by atoms with E-state index in [2.05, 4.69) is 19.9 Å². The molecule has 0 aromatic rings. The van der Waals surface area contributed by atoms with Gasteiger partial charge in [0.15, 0.2) is 12.4 Å². The van der Waals surface area contributed by atoms with Crippen LogP contribution in [0.4, 0.5) is 0 Å². The Hall–Kier alpha value is -1.75. The van der Waals surface area contributed by atoms with E-state index in [1.165, 1.54) is 12.5 Å². The van der Waals surface area contributed by atoms with Gasteiger partial charge in [0.05, 0.1) is 0 Å². The molecular formula is C24H32O5. The first-order valence-corrected chi connectivity index (χ1v) is 10.9. The third-order valence-electron chi connectivity index (χ3n) is 8.97. The van der Waals surface area contributed by atoms with E-state index >= 15 is 0 Å². The second-order valence-electron chi connectivity index (χ2n) is 10.2. The highest BCUT2D eigenvalue weighted by Crippen LogP contribution is 2.68. The molecule has 0 aromatic carbocycles. The molecule has 0 unspecified atom stereocenters. The van der Waals surface area contributed by atoms with Crippen molar-refractivity contribution in [3.8, 4) is 0 Å². The summed E-state index contributed by atoms with van der Waals surface area (Å²) >= 11 is 0. The first-order chi connectivity index (χ1) is 13.5. The summed E-state index contributed by atoms with van der Waals surface area (Å²) in [6, 6.07) is 0. The topological polar surface area (TPSA) is 80.7 Å². The molecule has 0 spiro atoms. The monoisotopic (exact) mass is 400 g/mol. The molecular weight excluding hydrogens is 368 g/mol. The van der Waals surface area contributed by atoms with Gasteiger partial charge in [0, 0.05) is 17.8 Å². The van der Waals surface area contributed by atoms with Crippen molar-refractivity contribution in [2.75, 3.05) is 6.61 Å². The molecule has 3 fully saturated rings. The lowest BCUT2D eigenvalue weighted by atomic mass is 9.47. The van der Waals surface area contributed by atoms with E-state index in [9.17, 15) is 19.5 Å². The number of esters is 1. The zero-order chi connectivity index (χ0) is 21.2. The number of ether oxygens (including phenoxy) is 1. The summed E-state index contributed by atoms with van der Waals surface area (Å²) in [5.74, 6) is 0.108. The van der Waals surface area contributed by atoms with Crippen LogP contribution in [-0.2, 0) is 19.1 Å². The number of aliphatic hydroxyl groups is 1. The van der Waals surface area contributed by atoms with Crippen LogP contribution in [0.3, 0.4) is 0 Å². The second kappa shape index (κ2) is 6.63. The van der Waals surface area contributed by atoms with E-state index in [4.69, 9.17) is 4.74 Å². The summed E-state index contributed by atoms with van der Waals surface area (Å²) < 4.78 is 4.96. The summed E-state index contributed by atoms with van der Waals surface area (Å²) in [5.41, 5.74) is -0.851. The van der Waals surface area contributed by atoms with Crippen molar-refractivity contribution in [3.05, 3.63) is 23.8 Å². The standard InChI is InChI=1S/C24H32O5/c1-14-11-20-18-6-5-16-12-17(26)7-9-22(16,3)19(18)8-10-23(20,4)24(14,28)21(27)13-29-15(2)25/h7,9,12,14,18-20,28H,5-6,8,10-11,13H2,1-4H3/t14-,18+,19-,20-,22-,23-,24-/m0/s1. The van der Waals surface area contributed by atoms with Crippen molar-refractivity contribution in [3.63, 3.8) is 0 Å². The lowest BCUT2D eigenvalue weighted by molar-refractivity contribution is -0.173. The molecule has 7 atom stereocenters. The maximum atomic E-state index is 13.0. The number of Topliss-reactive ketones (excluding diaryl/α,β-unsaturated/α-hetero) is 1. The number of carbonyl (C=O) groups is 3. The minimum Gasteiger partial charge on any atom is -0.458 e. The van der Waals surface area contributed by atoms with E-state index in [-0.39, 0.29) is 35.4 Å². The van der Waals surface area contributed by atoms with Gasteiger partial charge in [0.25, 0.3) is 0 Å². The van der Waals surface area contributed by atoms with E-state index in [1.54, 1.807) is 6.08 Å². The van der Waals surface area contributed by atoms with Crippen molar-refractivity contribution < 1.29 is 24.2 Å². The van der Waals surface area contributed by atoms with Crippen LogP contribution in [-0.4, -0.2) is 34.9 Å². The maximum absolute atomic E-state index is 13.0. The highest BCUT2D eigenvalue weighted by atomic mass is 16.5. The average Bonchev–Trinajstić information content (AvgIpc) is 2.88. The molecule has 158 valence electrons. The Labute approximate surface area is 172 Å². The highest BCUT2D eigenvalue weighted by molar-refractivity contribution is 6.01. The Kier molecular flexibility index (Phi) is 4.69. The molecule has 0 amide bonds. The van der Waals surface area contributed by atoms with E-state index in [1.807, 2.05) is 13.0 Å². The summed E-state index contributed by atoms with van der Waals surface area (Å²) in [6.45, 7) is 7.19. The van der Waals surface area contributed by atoms with Gasteiger partial charge in [-0.3, -0.25) is 14.4 Å². The number of rotatable bonds is 3. The molecule has 3 saturated carbocycles. The molecule has 0 aromatic heterocycles. The van der Waals surface area contributed by atoms with Crippen molar-refractivity contribution in [2.45, 2.75) is 65.4 Å². The van der Waals surface area contributed by atoms with Gasteiger partial charge in [0.2, 0.25) is 5.78 Å². The van der Waals surface area contributed by atoms with Crippen LogP contribution in [0.2, 0.25) is 0 Å². The fourth-order valence-corrected chi connectivity index (χ4v) is 7.41. The molecule has 4 aliphatic carbocycles. The minimum absolute atomic E-state index is 0.0801. The van der Waals surface area contributed by atoms with Crippen LogP contribution in [0.15, 0.2) is 23.8 Å². The SMILES string of the molecule is CC(=O)OCC(=O)[C@@]1(O)[C@@H](C)C[C@H]2[C@@H]3CCC4=CC(=O)C=C[C@]4(C)[C@H]3CC[C@@]21C. The van der Waals surface area contributed by atoms with Gasteiger partial charge in [-0.05, 0) is 67.9 Å². The molecule has 4 rings (SSSR count). The Morgan fingerprint density at radius 2 is 1.97 bits per heavy atom. The van der Waals surface area contributed by atoms with Crippen LogP contribution in [0.5, 0.6) is 0 Å².